The van der Waals surface area contributed by atoms with E-state index in [4.69, 9.17) is 0 Å². The van der Waals surface area contributed by atoms with Crippen molar-refractivity contribution in [1.29, 1.82) is 0 Å². The van der Waals surface area contributed by atoms with E-state index in [0.717, 1.165) is 24.8 Å². The molecule has 0 radical (unpaired) electrons. The highest BCUT2D eigenvalue weighted by molar-refractivity contribution is 6.06. The molecule has 3 aliphatic carbocycles. The Morgan fingerprint density at radius 1 is 1.16 bits per heavy atom. The highest BCUT2D eigenvalue weighted by atomic mass is 19.1. The van der Waals surface area contributed by atoms with Gasteiger partial charge >= 0.3 is 0 Å². The summed E-state index contributed by atoms with van der Waals surface area (Å²) >= 11 is 0. The standard InChI is InChI=1S/C24H29FN4O2/c1-26-23(28-14-24(8-9-24)17-4-2-5-18(25)13-17)27-10-3-11-29-21(30)19-15-6-7-16(12-15)20(19)22(29)31/h2,4-7,13,15-16,19-20H,3,8-12,14H2,1H3,(H2,26,27,28). The summed E-state index contributed by atoms with van der Waals surface area (Å²) in [4.78, 5) is 31.2. The number of fused-ring (bicyclic) bond motifs is 5. The zero-order chi connectivity index (χ0) is 21.6. The van der Waals surface area contributed by atoms with Gasteiger partial charge in [-0.15, -0.1) is 0 Å². The summed E-state index contributed by atoms with van der Waals surface area (Å²) in [6.45, 7) is 1.75. The minimum atomic E-state index is -0.204. The molecule has 0 aromatic heterocycles. The molecule has 0 spiro atoms. The van der Waals surface area contributed by atoms with Gasteiger partial charge < -0.3 is 10.6 Å². The number of hydrogen-bond donors (Lipinski definition) is 2. The van der Waals surface area contributed by atoms with Gasteiger partial charge in [0.1, 0.15) is 5.82 Å². The van der Waals surface area contributed by atoms with Crippen LogP contribution < -0.4 is 10.6 Å². The van der Waals surface area contributed by atoms with Crippen LogP contribution in [-0.2, 0) is 15.0 Å². The lowest BCUT2D eigenvalue weighted by Crippen LogP contribution is -2.42. The number of halogens is 1. The number of rotatable bonds is 7. The molecule has 164 valence electrons. The topological polar surface area (TPSA) is 73.8 Å². The van der Waals surface area contributed by atoms with Crippen LogP contribution in [0.1, 0.15) is 31.2 Å². The van der Waals surface area contributed by atoms with Gasteiger partial charge in [-0.2, -0.15) is 0 Å². The van der Waals surface area contributed by atoms with E-state index in [1.54, 1.807) is 19.2 Å². The SMILES string of the molecule is CN=C(NCCCN1C(=O)C2C3C=CC(C3)C2C1=O)NCC1(c2cccc(F)c2)CC1. The summed E-state index contributed by atoms with van der Waals surface area (Å²) in [6.07, 6.45) is 7.93. The van der Waals surface area contributed by atoms with Crippen LogP contribution in [0.3, 0.4) is 0 Å². The van der Waals surface area contributed by atoms with Crippen molar-refractivity contribution in [2.45, 2.75) is 31.1 Å². The lowest BCUT2D eigenvalue weighted by atomic mass is 9.85. The molecule has 4 unspecified atom stereocenters. The van der Waals surface area contributed by atoms with Crippen LogP contribution in [-0.4, -0.2) is 49.4 Å². The number of aliphatic imine (C=N–C) groups is 1. The molecule has 2 N–H and O–H groups in total. The van der Waals surface area contributed by atoms with Gasteiger partial charge in [-0.05, 0) is 55.2 Å². The molecule has 1 aromatic carbocycles. The fourth-order valence-corrected chi connectivity index (χ4v) is 5.64. The van der Waals surface area contributed by atoms with Crippen LogP contribution >= 0.6 is 0 Å². The van der Waals surface area contributed by atoms with Crippen molar-refractivity contribution in [2.75, 3.05) is 26.7 Å². The van der Waals surface area contributed by atoms with E-state index in [-0.39, 0.29) is 46.7 Å². The first-order valence-corrected chi connectivity index (χ1v) is 11.3. The van der Waals surface area contributed by atoms with Gasteiger partial charge in [0.15, 0.2) is 5.96 Å². The number of imide groups is 1. The molecule has 1 aromatic rings. The maximum Gasteiger partial charge on any atom is 0.233 e. The maximum absolute atomic E-state index is 13.6. The minimum Gasteiger partial charge on any atom is -0.356 e. The number of hydrogen-bond acceptors (Lipinski definition) is 3. The highest BCUT2D eigenvalue weighted by Gasteiger charge is 2.58. The second-order valence-electron chi connectivity index (χ2n) is 9.32. The lowest BCUT2D eigenvalue weighted by Gasteiger charge is -2.20. The Balaban J connectivity index is 1.08. The van der Waals surface area contributed by atoms with Crippen molar-refractivity contribution < 1.29 is 14.0 Å². The molecule has 6 nitrogen and oxygen atoms in total. The van der Waals surface area contributed by atoms with Crippen molar-refractivity contribution in [3.63, 3.8) is 0 Å². The minimum absolute atomic E-state index is 0.0140. The number of benzene rings is 1. The molecule has 2 bridgehead atoms. The van der Waals surface area contributed by atoms with Crippen molar-refractivity contribution in [1.82, 2.24) is 15.5 Å². The van der Waals surface area contributed by atoms with Crippen LogP contribution in [0.2, 0.25) is 0 Å². The number of likely N-dealkylation sites (tertiary alicyclic amines) is 1. The van der Waals surface area contributed by atoms with Gasteiger partial charge in [0.2, 0.25) is 11.8 Å². The van der Waals surface area contributed by atoms with E-state index in [1.165, 1.54) is 11.0 Å². The molecule has 2 amide bonds. The van der Waals surface area contributed by atoms with Crippen LogP contribution in [0.5, 0.6) is 0 Å². The maximum atomic E-state index is 13.6. The Morgan fingerprint density at radius 3 is 2.48 bits per heavy atom. The first-order valence-electron chi connectivity index (χ1n) is 11.3. The average molecular weight is 425 g/mol. The summed E-state index contributed by atoms with van der Waals surface area (Å²) in [6, 6.07) is 6.83. The van der Waals surface area contributed by atoms with Crippen molar-refractivity contribution >= 4 is 17.8 Å². The molecule has 5 rings (SSSR count). The number of nitrogens with one attached hydrogen (secondary N) is 2. The summed E-state index contributed by atoms with van der Waals surface area (Å²) in [5.74, 6) is 0.770. The second-order valence-corrected chi connectivity index (χ2v) is 9.32. The quantitative estimate of drug-likeness (QED) is 0.231. The van der Waals surface area contributed by atoms with E-state index in [0.29, 0.717) is 32.0 Å². The van der Waals surface area contributed by atoms with Gasteiger partial charge in [-0.25, -0.2) is 4.39 Å². The Kier molecular flexibility index (Phi) is 5.07. The van der Waals surface area contributed by atoms with Crippen molar-refractivity contribution in [3.05, 3.63) is 47.8 Å². The fraction of sp³-hybridized carbons (Fsp3) is 0.542. The summed E-state index contributed by atoms with van der Waals surface area (Å²) in [5, 5.41) is 6.62. The van der Waals surface area contributed by atoms with Gasteiger partial charge in [0.25, 0.3) is 0 Å². The molecule has 7 heteroatoms. The smallest absolute Gasteiger partial charge is 0.233 e. The average Bonchev–Trinajstić information content (AvgIpc) is 3.16. The molecular formula is C24H29FN4O2. The number of carbonyl (C=O) groups excluding carboxylic acids is 2. The van der Waals surface area contributed by atoms with Gasteiger partial charge in [-0.1, -0.05) is 24.3 Å². The Labute approximate surface area is 182 Å². The van der Waals surface area contributed by atoms with Gasteiger partial charge in [0.05, 0.1) is 11.8 Å². The Morgan fingerprint density at radius 2 is 1.87 bits per heavy atom. The summed E-state index contributed by atoms with van der Waals surface area (Å²) < 4.78 is 13.6. The highest BCUT2D eigenvalue weighted by Crippen LogP contribution is 2.52. The van der Waals surface area contributed by atoms with Crippen molar-refractivity contribution in [3.8, 4) is 0 Å². The zero-order valence-corrected chi connectivity index (χ0v) is 17.8. The molecule has 3 fully saturated rings. The van der Waals surface area contributed by atoms with E-state index >= 15 is 0 Å². The first-order chi connectivity index (χ1) is 15.0. The normalized spacial score (nSPS) is 30.1. The van der Waals surface area contributed by atoms with E-state index < -0.39 is 0 Å². The Hall–Kier alpha value is -2.70. The summed E-state index contributed by atoms with van der Waals surface area (Å²) in [7, 11) is 1.72. The van der Waals surface area contributed by atoms with E-state index in [2.05, 4.69) is 27.8 Å². The monoisotopic (exact) mass is 424 g/mol. The summed E-state index contributed by atoms with van der Waals surface area (Å²) in [5.41, 5.74) is 0.995. The largest absolute Gasteiger partial charge is 0.356 e. The predicted octanol–water partition coefficient (Wildman–Crippen LogP) is 2.22. The number of carbonyl (C=O) groups is 2. The van der Waals surface area contributed by atoms with Crippen LogP contribution in [0.15, 0.2) is 41.4 Å². The third kappa shape index (κ3) is 3.54. The van der Waals surface area contributed by atoms with Gasteiger partial charge in [-0.3, -0.25) is 19.5 Å². The molecule has 4 aliphatic rings. The number of nitrogens with zero attached hydrogens (tertiary/aromatic N) is 2. The van der Waals surface area contributed by atoms with E-state index in [9.17, 15) is 14.0 Å². The third-order valence-electron chi connectivity index (χ3n) is 7.52. The molecular weight excluding hydrogens is 395 g/mol. The lowest BCUT2D eigenvalue weighted by molar-refractivity contribution is -0.140. The Bertz CT molecular complexity index is 925. The second kappa shape index (κ2) is 7.77. The molecule has 1 heterocycles. The van der Waals surface area contributed by atoms with E-state index in [1.807, 2.05) is 6.07 Å². The van der Waals surface area contributed by atoms with Crippen molar-refractivity contribution in [2.24, 2.45) is 28.7 Å². The molecule has 4 atom stereocenters. The molecule has 1 aliphatic heterocycles. The van der Waals surface area contributed by atoms with Gasteiger partial charge in [0, 0.05) is 32.1 Å². The van der Waals surface area contributed by atoms with Crippen LogP contribution in [0.4, 0.5) is 4.39 Å². The third-order valence-corrected chi connectivity index (χ3v) is 7.52. The first kappa shape index (κ1) is 20.2. The van der Waals surface area contributed by atoms with Crippen LogP contribution in [0, 0.1) is 29.5 Å². The predicted molar refractivity (Wildman–Crippen MR) is 116 cm³/mol. The zero-order valence-electron chi connectivity index (χ0n) is 17.8. The van der Waals surface area contributed by atoms with Crippen LogP contribution in [0.25, 0.3) is 0 Å². The number of guanidine groups is 1. The molecule has 1 saturated heterocycles. The number of allylic oxidation sites excluding steroid dienone is 2. The number of amides is 2. The molecule has 31 heavy (non-hydrogen) atoms. The molecule has 2 saturated carbocycles. The fourth-order valence-electron chi connectivity index (χ4n) is 5.64.